The molecular formula is C32H26F3N3O7S. The quantitative estimate of drug-likeness (QED) is 0.125. The second kappa shape index (κ2) is 13.0. The van der Waals surface area contributed by atoms with Crippen LogP contribution in [0.2, 0.25) is 0 Å². The number of nitro groups is 1. The number of hydrogen-bond donors (Lipinski definition) is 0. The molecule has 46 heavy (non-hydrogen) atoms. The molecule has 10 nitrogen and oxygen atoms in total. The Balaban J connectivity index is 1.57. The normalized spacial score (nSPS) is 14.8. The molecule has 1 aliphatic heterocycles. The minimum atomic E-state index is -4.78. The van der Waals surface area contributed by atoms with Gasteiger partial charge in [-0.15, -0.1) is 0 Å². The summed E-state index contributed by atoms with van der Waals surface area (Å²) >= 11 is 1.12. The number of thiazole rings is 1. The van der Waals surface area contributed by atoms with Gasteiger partial charge >= 0.3 is 17.8 Å². The Kier molecular flexibility index (Phi) is 9.10. The number of alkyl halides is 3. The van der Waals surface area contributed by atoms with Crippen LogP contribution in [0.1, 0.15) is 43.5 Å². The molecule has 0 bridgehead atoms. The van der Waals surface area contributed by atoms with E-state index < -0.39 is 45.7 Å². The molecule has 0 unspecified atom stereocenters. The molecule has 4 aromatic rings. The van der Waals surface area contributed by atoms with Crippen molar-refractivity contribution in [3.8, 4) is 17.2 Å². The first-order valence-electron chi connectivity index (χ1n) is 14.0. The van der Waals surface area contributed by atoms with Crippen molar-refractivity contribution in [2.75, 3.05) is 13.2 Å². The molecule has 1 atom stereocenters. The van der Waals surface area contributed by atoms with Gasteiger partial charge in [-0.05, 0) is 62.2 Å². The van der Waals surface area contributed by atoms with Gasteiger partial charge < -0.3 is 14.2 Å². The molecule has 1 aromatic heterocycles. The van der Waals surface area contributed by atoms with Gasteiger partial charge in [0.15, 0.2) is 16.3 Å². The van der Waals surface area contributed by atoms with Crippen LogP contribution in [-0.4, -0.2) is 28.7 Å². The second-order valence-corrected chi connectivity index (χ2v) is 10.9. The fourth-order valence-electron chi connectivity index (χ4n) is 4.90. The van der Waals surface area contributed by atoms with E-state index in [1.807, 2.05) is 30.3 Å². The number of esters is 1. The van der Waals surface area contributed by atoms with Crippen molar-refractivity contribution in [3.05, 3.63) is 124 Å². The monoisotopic (exact) mass is 653 g/mol. The summed E-state index contributed by atoms with van der Waals surface area (Å²) in [5.41, 5.74) is -0.571. The van der Waals surface area contributed by atoms with E-state index in [4.69, 9.17) is 14.2 Å². The van der Waals surface area contributed by atoms with Crippen molar-refractivity contribution in [1.29, 1.82) is 0 Å². The van der Waals surface area contributed by atoms with Crippen LogP contribution in [0.25, 0.3) is 6.08 Å². The maximum atomic E-state index is 13.9. The van der Waals surface area contributed by atoms with Gasteiger partial charge in [-0.2, -0.15) is 13.2 Å². The smallest absolute Gasteiger partial charge is 0.416 e. The van der Waals surface area contributed by atoms with E-state index in [1.165, 1.54) is 16.7 Å². The molecule has 0 saturated heterocycles. The zero-order valence-corrected chi connectivity index (χ0v) is 25.5. The number of carbonyl (C=O) groups is 1. The van der Waals surface area contributed by atoms with Crippen LogP contribution < -0.4 is 24.4 Å². The molecule has 5 rings (SSSR count). The number of allylic oxidation sites excluding steroid dienone is 1. The van der Waals surface area contributed by atoms with Crippen LogP contribution in [0, 0.1) is 10.1 Å². The maximum absolute atomic E-state index is 13.9. The van der Waals surface area contributed by atoms with Crippen molar-refractivity contribution in [1.82, 2.24) is 4.57 Å². The van der Waals surface area contributed by atoms with E-state index in [0.29, 0.717) is 38.3 Å². The highest BCUT2D eigenvalue weighted by Gasteiger charge is 2.34. The molecular weight excluding hydrogens is 627 g/mol. The molecule has 0 radical (unpaired) electrons. The lowest BCUT2D eigenvalue weighted by Crippen LogP contribution is -2.39. The summed E-state index contributed by atoms with van der Waals surface area (Å²) in [6, 6.07) is 14.8. The van der Waals surface area contributed by atoms with Gasteiger partial charge in [-0.25, -0.2) is 9.79 Å². The summed E-state index contributed by atoms with van der Waals surface area (Å²) < 4.78 is 57.9. The molecule has 0 amide bonds. The fourth-order valence-corrected chi connectivity index (χ4v) is 5.95. The number of halogens is 3. The molecule has 1 aliphatic rings. The number of ether oxygens (including phenoxy) is 3. The third kappa shape index (κ3) is 6.42. The third-order valence-electron chi connectivity index (χ3n) is 6.90. The molecule has 0 saturated carbocycles. The van der Waals surface area contributed by atoms with Crippen LogP contribution in [-0.2, 0) is 15.7 Å². The Hall–Kier alpha value is -5.24. The van der Waals surface area contributed by atoms with Crippen molar-refractivity contribution in [3.63, 3.8) is 0 Å². The second-order valence-electron chi connectivity index (χ2n) is 9.89. The molecule has 238 valence electrons. The summed E-state index contributed by atoms with van der Waals surface area (Å²) in [5.74, 6) is -0.825. The number of fused-ring (bicyclic) bond motifs is 1. The van der Waals surface area contributed by atoms with Gasteiger partial charge in [0.2, 0.25) is 5.75 Å². The Labute approximate surface area is 263 Å². The van der Waals surface area contributed by atoms with Gasteiger partial charge in [0.05, 0.1) is 45.5 Å². The van der Waals surface area contributed by atoms with E-state index in [1.54, 1.807) is 32.9 Å². The Bertz CT molecular complexity index is 2040. The average Bonchev–Trinajstić information content (AvgIpc) is 3.31. The molecule has 2 heterocycles. The Morgan fingerprint density at radius 3 is 2.41 bits per heavy atom. The molecule has 0 spiro atoms. The minimum absolute atomic E-state index is 0.0158. The molecule has 0 N–H and O–H groups in total. The molecule has 3 aromatic carbocycles. The van der Waals surface area contributed by atoms with Gasteiger partial charge in [-0.1, -0.05) is 47.7 Å². The van der Waals surface area contributed by atoms with Gasteiger partial charge in [0.1, 0.15) is 0 Å². The number of hydrogen-bond acceptors (Lipinski definition) is 9. The van der Waals surface area contributed by atoms with E-state index in [0.717, 1.165) is 17.4 Å². The van der Waals surface area contributed by atoms with Crippen LogP contribution >= 0.6 is 11.3 Å². The number of nitrogens with zero attached hydrogens (tertiary/aromatic N) is 3. The zero-order valence-electron chi connectivity index (χ0n) is 24.7. The van der Waals surface area contributed by atoms with E-state index in [2.05, 4.69) is 4.99 Å². The predicted molar refractivity (Wildman–Crippen MR) is 163 cm³/mol. The summed E-state index contributed by atoms with van der Waals surface area (Å²) in [6.45, 7) is 5.40. The predicted octanol–water partition coefficient (Wildman–Crippen LogP) is 5.92. The zero-order chi connectivity index (χ0) is 33.2. The summed E-state index contributed by atoms with van der Waals surface area (Å²) in [5, 5.41) is 11.6. The lowest BCUT2D eigenvalue weighted by Gasteiger charge is -2.24. The summed E-state index contributed by atoms with van der Waals surface area (Å²) in [7, 11) is 0. The number of carbonyl (C=O) groups excluding carboxylic acids is 1. The first-order chi connectivity index (χ1) is 21.9. The summed E-state index contributed by atoms with van der Waals surface area (Å²) in [6.07, 6.45) is -3.18. The first kappa shape index (κ1) is 32.2. The Morgan fingerprint density at radius 1 is 1.04 bits per heavy atom. The molecule has 0 aliphatic carbocycles. The Morgan fingerprint density at radius 2 is 1.76 bits per heavy atom. The standard InChI is InChI=1S/C32H26F3N3O7S/c1-4-43-25-15-19(11-13-24(25)45-23-14-12-21(32(33,34)35)17-22(23)38(41)42)16-26-29(39)37-28(20-9-7-6-8-10-20)27(30(40)44-5-2)18(3)36-31(37)46-26/h6-17,28H,4-5H2,1-3H3/t28-/m1/s1. The highest BCUT2D eigenvalue weighted by atomic mass is 32.1. The van der Waals surface area contributed by atoms with Crippen LogP contribution in [0.15, 0.2) is 87.8 Å². The van der Waals surface area contributed by atoms with Crippen molar-refractivity contribution in [2.24, 2.45) is 4.99 Å². The lowest BCUT2D eigenvalue weighted by atomic mass is 9.96. The van der Waals surface area contributed by atoms with Crippen molar-refractivity contribution in [2.45, 2.75) is 33.0 Å². The topological polar surface area (TPSA) is 122 Å². The van der Waals surface area contributed by atoms with Crippen molar-refractivity contribution >= 4 is 29.1 Å². The van der Waals surface area contributed by atoms with Gasteiger partial charge in [0, 0.05) is 6.07 Å². The highest BCUT2D eigenvalue weighted by Crippen LogP contribution is 2.40. The fraction of sp³-hybridized carbons (Fsp3) is 0.219. The minimum Gasteiger partial charge on any atom is -0.490 e. The SMILES string of the molecule is CCOC(=O)C1=C(C)N=c2sc(=Cc3ccc(Oc4ccc(C(F)(F)F)cc4[N+](=O)[O-])c(OCC)c3)c(=O)n2[C@@H]1c1ccccc1. The van der Waals surface area contributed by atoms with Crippen molar-refractivity contribution < 1.29 is 37.1 Å². The van der Waals surface area contributed by atoms with Gasteiger partial charge in [-0.3, -0.25) is 19.5 Å². The largest absolute Gasteiger partial charge is 0.490 e. The van der Waals surface area contributed by atoms with Crippen LogP contribution in [0.3, 0.4) is 0 Å². The van der Waals surface area contributed by atoms with E-state index in [-0.39, 0.29) is 30.3 Å². The third-order valence-corrected chi connectivity index (χ3v) is 7.88. The number of nitro benzene ring substituents is 1. The van der Waals surface area contributed by atoms with Gasteiger partial charge in [0.25, 0.3) is 5.56 Å². The molecule has 14 heteroatoms. The summed E-state index contributed by atoms with van der Waals surface area (Å²) in [4.78, 5) is 42.4. The van der Waals surface area contributed by atoms with Crippen LogP contribution in [0.5, 0.6) is 17.2 Å². The van der Waals surface area contributed by atoms with E-state index >= 15 is 0 Å². The van der Waals surface area contributed by atoms with Crippen LogP contribution in [0.4, 0.5) is 18.9 Å². The van der Waals surface area contributed by atoms with E-state index in [9.17, 15) is 32.9 Å². The number of rotatable bonds is 9. The first-order valence-corrected chi connectivity index (χ1v) is 14.8. The average molecular weight is 654 g/mol. The lowest BCUT2D eigenvalue weighted by molar-refractivity contribution is -0.385. The number of benzene rings is 3. The molecule has 0 fully saturated rings. The maximum Gasteiger partial charge on any atom is 0.416 e. The number of aromatic nitrogens is 1. The highest BCUT2D eigenvalue weighted by molar-refractivity contribution is 7.07.